The Bertz CT molecular complexity index is 334. The van der Waals surface area contributed by atoms with Gasteiger partial charge in [0.25, 0.3) is 0 Å². The van der Waals surface area contributed by atoms with E-state index in [-0.39, 0.29) is 0 Å². The molecule has 0 radical (unpaired) electrons. The van der Waals surface area contributed by atoms with Crippen molar-refractivity contribution in [2.24, 2.45) is 0 Å². The lowest BCUT2D eigenvalue weighted by atomic mass is 10.0. The lowest BCUT2D eigenvalue weighted by molar-refractivity contribution is 0.215. The fraction of sp³-hybridized carbons (Fsp3) is 0.625. The summed E-state index contributed by atoms with van der Waals surface area (Å²) in [5, 5.41) is 3.77. The highest BCUT2D eigenvalue weighted by molar-refractivity contribution is 5.14. The molecule has 0 unspecified atom stereocenters. The molecule has 18 heavy (non-hydrogen) atoms. The summed E-state index contributed by atoms with van der Waals surface area (Å²) in [5.74, 6) is 0. The highest BCUT2D eigenvalue weighted by atomic mass is 15.1. The molecule has 1 aromatic carbocycles. The third-order valence-corrected chi connectivity index (χ3v) is 4.05. The first-order valence-electron chi connectivity index (χ1n) is 7.21. The average Bonchev–Trinajstić information content (AvgIpc) is 2.63. The van der Waals surface area contributed by atoms with E-state index in [4.69, 9.17) is 0 Å². The van der Waals surface area contributed by atoms with Gasteiger partial charge in [0.2, 0.25) is 0 Å². The number of hydrogen-bond donors (Lipinski definition) is 1. The molecule has 1 aliphatic carbocycles. The first-order chi connectivity index (χ1) is 8.77. The molecule has 2 rings (SSSR count). The van der Waals surface area contributed by atoms with Crippen LogP contribution in [-0.4, -0.2) is 31.1 Å². The second kappa shape index (κ2) is 6.91. The van der Waals surface area contributed by atoms with Crippen LogP contribution in [-0.2, 0) is 6.54 Å². The van der Waals surface area contributed by atoms with E-state index in [1.54, 1.807) is 0 Å². The fourth-order valence-corrected chi connectivity index (χ4v) is 2.99. The van der Waals surface area contributed by atoms with E-state index in [1.807, 2.05) is 0 Å². The largest absolute Gasteiger partial charge is 0.308 e. The summed E-state index contributed by atoms with van der Waals surface area (Å²) in [6.07, 6.45) is 6.80. The zero-order valence-corrected chi connectivity index (χ0v) is 11.7. The topological polar surface area (TPSA) is 15.3 Å². The molecule has 0 spiro atoms. The maximum absolute atomic E-state index is 3.77. The summed E-state index contributed by atoms with van der Waals surface area (Å²) >= 11 is 0. The SMILES string of the molecule is CN(C)[C@H]1CCCCC[C@@H]1NCc1ccccc1. The van der Waals surface area contributed by atoms with Crippen molar-refractivity contribution < 1.29 is 0 Å². The molecule has 0 aromatic heterocycles. The summed E-state index contributed by atoms with van der Waals surface area (Å²) in [6, 6.07) is 12.1. The zero-order valence-electron chi connectivity index (χ0n) is 11.7. The van der Waals surface area contributed by atoms with Crippen molar-refractivity contribution in [2.75, 3.05) is 14.1 Å². The van der Waals surface area contributed by atoms with Crippen LogP contribution in [0.3, 0.4) is 0 Å². The van der Waals surface area contributed by atoms with Gasteiger partial charge in [-0.2, -0.15) is 0 Å². The van der Waals surface area contributed by atoms with Crippen LogP contribution in [0.1, 0.15) is 37.7 Å². The van der Waals surface area contributed by atoms with Crippen molar-refractivity contribution in [3.05, 3.63) is 35.9 Å². The number of nitrogens with one attached hydrogen (secondary N) is 1. The predicted molar refractivity (Wildman–Crippen MR) is 77.6 cm³/mol. The molecule has 0 heterocycles. The minimum absolute atomic E-state index is 0.641. The second-order valence-corrected chi connectivity index (χ2v) is 5.64. The van der Waals surface area contributed by atoms with Crippen LogP contribution in [0.15, 0.2) is 30.3 Å². The van der Waals surface area contributed by atoms with Gasteiger partial charge in [0.1, 0.15) is 0 Å². The van der Waals surface area contributed by atoms with Gasteiger partial charge in [0.05, 0.1) is 0 Å². The van der Waals surface area contributed by atoms with Gasteiger partial charge in [-0.05, 0) is 32.5 Å². The molecular formula is C16H26N2. The molecule has 0 amide bonds. The van der Waals surface area contributed by atoms with Crippen molar-refractivity contribution in [3.63, 3.8) is 0 Å². The lowest BCUT2D eigenvalue weighted by Gasteiger charge is -2.31. The number of likely N-dealkylation sites (N-methyl/N-ethyl adjacent to an activating group) is 1. The van der Waals surface area contributed by atoms with E-state index in [0.29, 0.717) is 12.1 Å². The number of benzene rings is 1. The molecule has 2 heteroatoms. The Balaban J connectivity index is 1.92. The first kappa shape index (κ1) is 13.6. The molecule has 1 N–H and O–H groups in total. The van der Waals surface area contributed by atoms with E-state index in [1.165, 1.54) is 37.7 Å². The molecule has 0 aliphatic heterocycles. The summed E-state index contributed by atoms with van der Waals surface area (Å²) in [4.78, 5) is 2.40. The van der Waals surface area contributed by atoms with Gasteiger partial charge in [0.15, 0.2) is 0 Å². The fourth-order valence-electron chi connectivity index (χ4n) is 2.99. The Morgan fingerprint density at radius 1 is 1.06 bits per heavy atom. The third-order valence-electron chi connectivity index (χ3n) is 4.05. The highest BCUT2D eigenvalue weighted by Gasteiger charge is 2.24. The molecule has 2 atom stereocenters. The normalized spacial score (nSPS) is 25.1. The summed E-state index contributed by atoms with van der Waals surface area (Å²) in [7, 11) is 4.43. The highest BCUT2D eigenvalue weighted by Crippen LogP contribution is 2.21. The molecule has 2 nitrogen and oxygen atoms in total. The number of nitrogens with zero attached hydrogens (tertiary/aromatic N) is 1. The third kappa shape index (κ3) is 3.82. The molecule has 0 bridgehead atoms. The van der Waals surface area contributed by atoms with Gasteiger partial charge in [-0.25, -0.2) is 0 Å². The molecule has 1 saturated carbocycles. The van der Waals surface area contributed by atoms with Gasteiger partial charge in [-0.15, -0.1) is 0 Å². The van der Waals surface area contributed by atoms with Gasteiger partial charge in [-0.1, -0.05) is 49.6 Å². The van der Waals surface area contributed by atoms with E-state index in [0.717, 1.165) is 6.54 Å². The van der Waals surface area contributed by atoms with Crippen molar-refractivity contribution in [3.8, 4) is 0 Å². The van der Waals surface area contributed by atoms with Crippen molar-refractivity contribution >= 4 is 0 Å². The maximum atomic E-state index is 3.77. The minimum atomic E-state index is 0.641. The van der Waals surface area contributed by atoms with Crippen LogP contribution < -0.4 is 5.32 Å². The van der Waals surface area contributed by atoms with Crippen LogP contribution in [0.4, 0.5) is 0 Å². The van der Waals surface area contributed by atoms with Crippen LogP contribution >= 0.6 is 0 Å². The smallest absolute Gasteiger partial charge is 0.0243 e. The Morgan fingerprint density at radius 2 is 1.78 bits per heavy atom. The molecule has 1 fully saturated rings. The summed E-state index contributed by atoms with van der Waals surface area (Å²) in [5.41, 5.74) is 1.39. The Morgan fingerprint density at radius 3 is 2.50 bits per heavy atom. The second-order valence-electron chi connectivity index (χ2n) is 5.64. The van der Waals surface area contributed by atoms with Crippen LogP contribution in [0, 0.1) is 0 Å². The van der Waals surface area contributed by atoms with E-state index in [2.05, 4.69) is 54.6 Å². The van der Waals surface area contributed by atoms with E-state index < -0.39 is 0 Å². The van der Waals surface area contributed by atoms with Gasteiger partial charge in [0, 0.05) is 18.6 Å². The zero-order chi connectivity index (χ0) is 12.8. The molecule has 1 aromatic rings. The van der Waals surface area contributed by atoms with Gasteiger partial charge >= 0.3 is 0 Å². The van der Waals surface area contributed by atoms with Crippen molar-refractivity contribution in [1.29, 1.82) is 0 Å². The summed E-state index contributed by atoms with van der Waals surface area (Å²) < 4.78 is 0. The van der Waals surface area contributed by atoms with Crippen molar-refractivity contribution in [2.45, 2.75) is 50.7 Å². The van der Waals surface area contributed by atoms with E-state index >= 15 is 0 Å². The van der Waals surface area contributed by atoms with Crippen molar-refractivity contribution in [1.82, 2.24) is 10.2 Å². The predicted octanol–water partition coefficient (Wildman–Crippen LogP) is 3.04. The number of hydrogen-bond acceptors (Lipinski definition) is 2. The van der Waals surface area contributed by atoms with Crippen LogP contribution in [0.25, 0.3) is 0 Å². The van der Waals surface area contributed by atoms with Gasteiger partial charge in [-0.3, -0.25) is 0 Å². The standard InChI is InChI=1S/C16H26N2/c1-18(2)16-12-8-4-7-11-15(16)17-13-14-9-5-3-6-10-14/h3,5-6,9-10,15-17H,4,7-8,11-13H2,1-2H3/t15-,16-/m0/s1. The molecule has 0 saturated heterocycles. The van der Waals surface area contributed by atoms with E-state index in [9.17, 15) is 0 Å². The molecule has 100 valence electrons. The lowest BCUT2D eigenvalue weighted by Crippen LogP contribution is -2.46. The maximum Gasteiger partial charge on any atom is 0.0243 e. The van der Waals surface area contributed by atoms with Crippen LogP contribution in [0.2, 0.25) is 0 Å². The Hall–Kier alpha value is -0.860. The monoisotopic (exact) mass is 246 g/mol. The van der Waals surface area contributed by atoms with Gasteiger partial charge < -0.3 is 10.2 Å². The molecular weight excluding hydrogens is 220 g/mol. The minimum Gasteiger partial charge on any atom is -0.308 e. The average molecular weight is 246 g/mol. The quantitative estimate of drug-likeness (QED) is 0.822. The summed E-state index contributed by atoms with van der Waals surface area (Å²) in [6.45, 7) is 0.996. The van der Waals surface area contributed by atoms with Crippen LogP contribution in [0.5, 0.6) is 0 Å². The first-order valence-corrected chi connectivity index (χ1v) is 7.21. The molecule has 1 aliphatic rings. The Kier molecular flexibility index (Phi) is 5.21. The number of rotatable bonds is 4. The Labute approximate surface area is 111 Å².